The number of carbonyl (C=O) groups is 2. The van der Waals surface area contributed by atoms with Gasteiger partial charge >= 0.3 is 0 Å². The summed E-state index contributed by atoms with van der Waals surface area (Å²) < 4.78 is 0.0599. The van der Waals surface area contributed by atoms with Crippen LogP contribution in [0, 0.1) is 6.92 Å². The molecule has 2 amide bonds. The van der Waals surface area contributed by atoms with E-state index in [0.29, 0.717) is 5.75 Å². The van der Waals surface area contributed by atoms with Crippen LogP contribution in [-0.4, -0.2) is 22.3 Å². The Morgan fingerprint density at radius 3 is 2.20 bits per heavy atom. The van der Waals surface area contributed by atoms with Crippen LogP contribution in [0.25, 0.3) is 0 Å². The molecule has 0 aliphatic rings. The van der Waals surface area contributed by atoms with Crippen LogP contribution in [-0.2, 0) is 9.59 Å². The van der Waals surface area contributed by atoms with Crippen molar-refractivity contribution in [3.63, 3.8) is 0 Å². The molecule has 0 aliphatic heterocycles. The van der Waals surface area contributed by atoms with Crippen LogP contribution in [0.5, 0.6) is 0 Å². The maximum Gasteiger partial charge on any atom is 0.234 e. The molecule has 110 valence electrons. The molecule has 0 spiro atoms. The Morgan fingerprint density at radius 2 is 1.70 bits per heavy atom. The lowest BCUT2D eigenvalue weighted by Crippen LogP contribution is -2.19. The monoisotopic (exact) mass is 294 g/mol. The number of hydrogen-bond acceptors (Lipinski definition) is 3. The van der Waals surface area contributed by atoms with E-state index in [-0.39, 0.29) is 16.6 Å². The molecule has 0 radical (unpaired) electrons. The van der Waals surface area contributed by atoms with E-state index in [4.69, 9.17) is 0 Å². The lowest BCUT2D eigenvalue weighted by molar-refractivity contribution is -0.114. The number of carbonyl (C=O) groups excluding carboxylic acids is 2. The third-order valence-electron chi connectivity index (χ3n) is 2.55. The van der Waals surface area contributed by atoms with Gasteiger partial charge in [-0.2, -0.15) is 0 Å². The smallest absolute Gasteiger partial charge is 0.234 e. The van der Waals surface area contributed by atoms with Crippen molar-refractivity contribution in [2.45, 2.75) is 39.4 Å². The van der Waals surface area contributed by atoms with Gasteiger partial charge in [-0.15, -0.1) is 11.8 Å². The molecular weight excluding hydrogens is 272 g/mol. The van der Waals surface area contributed by atoms with E-state index in [2.05, 4.69) is 31.4 Å². The number of nitrogens with one attached hydrogen (secondary N) is 2. The number of thioether (sulfide) groups is 1. The Bertz CT molecular complexity index is 507. The minimum Gasteiger partial charge on any atom is -0.326 e. The lowest BCUT2D eigenvalue weighted by atomic mass is 10.1. The van der Waals surface area contributed by atoms with Gasteiger partial charge in [0.2, 0.25) is 11.8 Å². The first-order chi connectivity index (χ1) is 9.19. The number of hydrogen-bond donors (Lipinski definition) is 2. The first-order valence-corrected chi connectivity index (χ1v) is 7.48. The van der Waals surface area contributed by atoms with Crippen molar-refractivity contribution in [1.29, 1.82) is 0 Å². The molecule has 1 rings (SSSR count). The zero-order valence-electron chi connectivity index (χ0n) is 12.7. The second kappa shape index (κ2) is 6.79. The van der Waals surface area contributed by atoms with Gasteiger partial charge < -0.3 is 10.6 Å². The molecule has 0 unspecified atom stereocenters. The highest BCUT2D eigenvalue weighted by Crippen LogP contribution is 2.25. The Labute approximate surface area is 124 Å². The second-order valence-electron chi connectivity index (χ2n) is 5.61. The fourth-order valence-electron chi connectivity index (χ4n) is 1.56. The van der Waals surface area contributed by atoms with E-state index in [0.717, 1.165) is 16.9 Å². The van der Waals surface area contributed by atoms with E-state index in [1.165, 1.54) is 6.92 Å². The first kappa shape index (κ1) is 16.6. The third kappa shape index (κ3) is 5.65. The van der Waals surface area contributed by atoms with Gasteiger partial charge in [0.05, 0.1) is 5.75 Å². The molecule has 0 bridgehead atoms. The molecule has 0 saturated heterocycles. The van der Waals surface area contributed by atoms with Crippen molar-refractivity contribution in [2.24, 2.45) is 0 Å². The van der Waals surface area contributed by atoms with Crippen molar-refractivity contribution in [2.75, 3.05) is 16.4 Å². The predicted molar refractivity (Wildman–Crippen MR) is 86.3 cm³/mol. The fraction of sp³-hybridized carbons (Fsp3) is 0.467. The van der Waals surface area contributed by atoms with E-state index in [1.807, 2.05) is 25.1 Å². The summed E-state index contributed by atoms with van der Waals surface area (Å²) in [5, 5.41) is 5.63. The molecule has 0 aromatic heterocycles. The highest BCUT2D eigenvalue weighted by atomic mass is 32.2. The molecular formula is C15H22N2O2S. The van der Waals surface area contributed by atoms with Crippen LogP contribution in [0.3, 0.4) is 0 Å². The Morgan fingerprint density at radius 1 is 1.15 bits per heavy atom. The Hall–Kier alpha value is -1.49. The van der Waals surface area contributed by atoms with Gasteiger partial charge in [-0.3, -0.25) is 9.59 Å². The van der Waals surface area contributed by atoms with E-state index in [1.54, 1.807) is 11.8 Å². The molecule has 0 fully saturated rings. The summed E-state index contributed by atoms with van der Waals surface area (Å²) in [7, 11) is 0. The zero-order chi connectivity index (χ0) is 15.3. The minimum absolute atomic E-state index is 0.0343. The molecule has 0 heterocycles. The van der Waals surface area contributed by atoms with Gasteiger partial charge in [-0.25, -0.2) is 0 Å². The second-order valence-corrected chi connectivity index (χ2v) is 7.41. The van der Waals surface area contributed by atoms with Crippen LogP contribution in [0.15, 0.2) is 18.2 Å². The minimum atomic E-state index is -0.125. The van der Waals surface area contributed by atoms with Crippen molar-refractivity contribution in [1.82, 2.24) is 0 Å². The molecule has 0 atom stereocenters. The summed E-state index contributed by atoms with van der Waals surface area (Å²) >= 11 is 1.60. The molecule has 0 saturated carbocycles. The number of amides is 2. The summed E-state index contributed by atoms with van der Waals surface area (Å²) in [6.45, 7) is 9.57. The van der Waals surface area contributed by atoms with Gasteiger partial charge in [0.25, 0.3) is 0 Å². The van der Waals surface area contributed by atoms with Crippen LogP contribution >= 0.6 is 11.8 Å². The molecule has 20 heavy (non-hydrogen) atoms. The number of anilines is 2. The van der Waals surface area contributed by atoms with Crippen molar-refractivity contribution in [3.05, 3.63) is 23.8 Å². The maximum absolute atomic E-state index is 11.9. The van der Waals surface area contributed by atoms with Gasteiger partial charge in [0.15, 0.2) is 0 Å². The van der Waals surface area contributed by atoms with E-state index < -0.39 is 0 Å². The summed E-state index contributed by atoms with van der Waals surface area (Å²) in [6, 6.07) is 5.46. The topological polar surface area (TPSA) is 58.2 Å². The highest BCUT2D eigenvalue weighted by molar-refractivity contribution is 8.01. The lowest BCUT2D eigenvalue weighted by Gasteiger charge is -2.18. The van der Waals surface area contributed by atoms with Crippen LogP contribution in [0.2, 0.25) is 0 Å². The Balaban J connectivity index is 2.73. The van der Waals surface area contributed by atoms with Crippen LogP contribution < -0.4 is 10.6 Å². The molecule has 4 nitrogen and oxygen atoms in total. The molecule has 1 aromatic rings. The van der Waals surface area contributed by atoms with E-state index >= 15 is 0 Å². The predicted octanol–water partition coefficient (Wildman–Crippen LogP) is 3.42. The average Bonchev–Trinajstić information content (AvgIpc) is 2.30. The largest absolute Gasteiger partial charge is 0.326 e. The highest BCUT2D eigenvalue weighted by Gasteiger charge is 2.14. The first-order valence-electron chi connectivity index (χ1n) is 6.50. The van der Waals surface area contributed by atoms with Crippen molar-refractivity contribution < 1.29 is 9.59 Å². The third-order valence-corrected chi connectivity index (χ3v) is 3.83. The van der Waals surface area contributed by atoms with Gasteiger partial charge in [-0.05, 0) is 24.6 Å². The summed E-state index contributed by atoms with van der Waals surface area (Å²) in [5.41, 5.74) is 2.31. The summed E-state index contributed by atoms with van der Waals surface area (Å²) in [5.74, 6) is 0.251. The van der Waals surface area contributed by atoms with Gasteiger partial charge in [0.1, 0.15) is 0 Å². The molecule has 2 N–H and O–H groups in total. The standard InChI is InChI=1S/C15H22N2O2S/c1-10-12(16-11(2)18)7-6-8-13(10)17-14(19)9-20-15(3,4)5/h6-8H,9H2,1-5H3,(H,16,18)(H,17,19). The van der Waals surface area contributed by atoms with Crippen LogP contribution in [0.1, 0.15) is 33.3 Å². The fourth-order valence-corrected chi connectivity index (χ4v) is 2.20. The van der Waals surface area contributed by atoms with Gasteiger partial charge in [-0.1, -0.05) is 26.8 Å². The van der Waals surface area contributed by atoms with Crippen molar-refractivity contribution in [3.8, 4) is 0 Å². The normalized spacial score (nSPS) is 11.1. The van der Waals surface area contributed by atoms with Crippen molar-refractivity contribution >= 4 is 35.0 Å². The van der Waals surface area contributed by atoms with Crippen LogP contribution in [0.4, 0.5) is 11.4 Å². The van der Waals surface area contributed by atoms with E-state index in [9.17, 15) is 9.59 Å². The molecule has 0 aliphatic carbocycles. The number of benzene rings is 1. The molecule has 1 aromatic carbocycles. The Kier molecular flexibility index (Phi) is 5.62. The average molecular weight is 294 g/mol. The summed E-state index contributed by atoms with van der Waals surface area (Å²) in [4.78, 5) is 23.0. The number of rotatable bonds is 4. The van der Waals surface area contributed by atoms with Gasteiger partial charge in [0, 0.05) is 23.0 Å². The zero-order valence-corrected chi connectivity index (χ0v) is 13.5. The SMILES string of the molecule is CC(=O)Nc1cccc(NC(=O)CSC(C)(C)C)c1C. The summed E-state index contributed by atoms with van der Waals surface area (Å²) in [6.07, 6.45) is 0. The quantitative estimate of drug-likeness (QED) is 0.894. The molecule has 5 heteroatoms. The maximum atomic E-state index is 11.9.